The van der Waals surface area contributed by atoms with Gasteiger partial charge in [0, 0.05) is 31.7 Å². The fraction of sp³-hybridized carbons (Fsp3) is 0.312. The average Bonchev–Trinajstić information content (AvgIpc) is 2.62. The van der Waals surface area contributed by atoms with Crippen molar-refractivity contribution in [3.05, 3.63) is 42.5 Å². The van der Waals surface area contributed by atoms with E-state index < -0.39 is 0 Å². The Bertz CT molecular complexity index is 624. The molecule has 0 bridgehead atoms. The number of carbonyl (C=O) groups is 1. The molecule has 1 aliphatic heterocycles. The number of piperazine rings is 1. The molecule has 1 fully saturated rings. The highest BCUT2D eigenvalue weighted by Crippen LogP contribution is 2.19. The van der Waals surface area contributed by atoms with Crippen LogP contribution >= 0.6 is 11.6 Å². The van der Waals surface area contributed by atoms with Gasteiger partial charge in [-0.05, 0) is 12.1 Å². The van der Waals surface area contributed by atoms with E-state index in [4.69, 9.17) is 11.6 Å². The number of benzene rings is 1. The zero-order valence-corrected chi connectivity index (χ0v) is 12.9. The van der Waals surface area contributed by atoms with Gasteiger partial charge in [-0.15, -0.1) is 21.8 Å². The minimum absolute atomic E-state index is 0.00757. The summed E-state index contributed by atoms with van der Waals surface area (Å²) in [5.74, 6) is 0.885. The first-order valence-electron chi connectivity index (χ1n) is 7.26. The molecule has 0 atom stereocenters. The standard InChI is InChI=1S/C16H17ClN4O/c17-12-16(22)21-10-8-20(9-11-21)15-7-6-14(18-19-15)13-4-2-1-3-5-13/h1-7H,8-12H2. The van der Waals surface area contributed by atoms with Gasteiger partial charge >= 0.3 is 0 Å². The molecule has 1 saturated heterocycles. The smallest absolute Gasteiger partial charge is 0.237 e. The zero-order chi connectivity index (χ0) is 15.4. The van der Waals surface area contributed by atoms with Crippen molar-refractivity contribution in [3.63, 3.8) is 0 Å². The van der Waals surface area contributed by atoms with Crippen molar-refractivity contribution in [1.82, 2.24) is 15.1 Å². The number of amides is 1. The van der Waals surface area contributed by atoms with Gasteiger partial charge in [0.25, 0.3) is 0 Å². The Hall–Kier alpha value is -2.14. The Morgan fingerprint density at radius 1 is 1.00 bits per heavy atom. The molecular weight excluding hydrogens is 300 g/mol. The summed E-state index contributed by atoms with van der Waals surface area (Å²) in [5, 5.41) is 8.62. The highest BCUT2D eigenvalue weighted by Gasteiger charge is 2.21. The monoisotopic (exact) mass is 316 g/mol. The van der Waals surface area contributed by atoms with Gasteiger partial charge in [-0.2, -0.15) is 0 Å². The summed E-state index contributed by atoms with van der Waals surface area (Å²) in [5.41, 5.74) is 1.92. The van der Waals surface area contributed by atoms with E-state index in [9.17, 15) is 4.79 Å². The lowest BCUT2D eigenvalue weighted by Gasteiger charge is -2.34. The van der Waals surface area contributed by atoms with Gasteiger partial charge in [-0.25, -0.2) is 0 Å². The molecule has 1 aromatic heterocycles. The summed E-state index contributed by atoms with van der Waals surface area (Å²) in [6, 6.07) is 13.9. The zero-order valence-electron chi connectivity index (χ0n) is 12.2. The van der Waals surface area contributed by atoms with E-state index in [-0.39, 0.29) is 11.8 Å². The maximum Gasteiger partial charge on any atom is 0.237 e. The number of halogens is 1. The van der Waals surface area contributed by atoms with Crippen LogP contribution in [0.3, 0.4) is 0 Å². The fourth-order valence-electron chi connectivity index (χ4n) is 2.53. The number of anilines is 1. The van der Waals surface area contributed by atoms with Crippen LogP contribution < -0.4 is 4.90 Å². The number of carbonyl (C=O) groups excluding carboxylic acids is 1. The van der Waals surface area contributed by atoms with Crippen molar-refractivity contribution in [2.45, 2.75) is 0 Å². The normalized spacial score (nSPS) is 15.0. The van der Waals surface area contributed by atoms with Gasteiger partial charge in [0.15, 0.2) is 5.82 Å². The third-order valence-electron chi connectivity index (χ3n) is 3.79. The minimum atomic E-state index is -0.00757. The third-order valence-corrected chi connectivity index (χ3v) is 4.02. The first-order chi connectivity index (χ1) is 10.8. The number of nitrogens with zero attached hydrogens (tertiary/aromatic N) is 4. The van der Waals surface area contributed by atoms with Crippen molar-refractivity contribution >= 4 is 23.3 Å². The molecule has 2 aromatic rings. The van der Waals surface area contributed by atoms with Crippen LogP contribution in [0.15, 0.2) is 42.5 Å². The van der Waals surface area contributed by atoms with Gasteiger partial charge in [-0.3, -0.25) is 4.79 Å². The van der Waals surface area contributed by atoms with E-state index in [1.165, 1.54) is 0 Å². The second-order valence-electron chi connectivity index (χ2n) is 5.14. The SMILES string of the molecule is O=C(CCl)N1CCN(c2ccc(-c3ccccc3)nn2)CC1. The molecular formula is C16H17ClN4O. The lowest BCUT2D eigenvalue weighted by molar-refractivity contribution is -0.128. The summed E-state index contributed by atoms with van der Waals surface area (Å²) < 4.78 is 0. The van der Waals surface area contributed by atoms with E-state index in [0.29, 0.717) is 13.1 Å². The lowest BCUT2D eigenvalue weighted by atomic mass is 10.1. The fourth-order valence-corrected chi connectivity index (χ4v) is 2.70. The molecule has 1 aliphatic rings. The summed E-state index contributed by atoms with van der Waals surface area (Å²) >= 11 is 5.59. The largest absolute Gasteiger partial charge is 0.352 e. The molecule has 5 nitrogen and oxygen atoms in total. The molecule has 6 heteroatoms. The molecule has 3 rings (SSSR count). The number of hydrogen-bond acceptors (Lipinski definition) is 4. The quantitative estimate of drug-likeness (QED) is 0.813. The first kappa shape index (κ1) is 14.8. The second-order valence-corrected chi connectivity index (χ2v) is 5.41. The van der Waals surface area contributed by atoms with E-state index in [1.54, 1.807) is 4.90 Å². The van der Waals surface area contributed by atoms with Crippen LogP contribution in [0.2, 0.25) is 0 Å². The Morgan fingerprint density at radius 3 is 2.32 bits per heavy atom. The van der Waals surface area contributed by atoms with Crippen LogP contribution in [0.1, 0.15) is 0 Å². The number of aromatic nitrogens is 2. The van der Waals surface area contributed by atoms with E-state index >= 15 is 0 Å². The topological polar surface area (TPSA) is 49.3 Å². The molecule has 0 spiro atoms. The summed E-state index contributed by atoms with van der Waals surface area (Å²) in [6.07, 6.45) is 0. The molecule has 0 saturated carbocycles. The van der Waals surface area contributed by atoms with Gasteiger partial charge in [-0.1, -0.05) is 30.3 Å². The Balaban J connectivity index is 1.66. The molecule has 0 aliphatic carbocycles. The van der Waals surface area contributed by atoms with Crippen LogP contribution in [0.5, 0.6) is 0 Å². The third kappa shape index (κ3) is 3.20. The average molecular weight is 317 g/mol. The Morgan fingerprint density at radius 2 is 1.73 bits per heavy atom. The first-order valence-corrected chi connectivity index (χ1v) is 7.79. The number of rotatable bonds is 3. The van der Waals surface area contributed by atoms with Crippen LogP contribution in [-0.4, -0.2) is 53.1 Å². The molecule has 1 aromatic carbocycles. The maximum absolute atomic E-state index is 11.6. The predicted molar refractivity (Wildman–Crippen MR) is 87.0 cm³/mol. The minimum Gasteiger partial charge on any atom is -0.352 e. The van der Waals surface area contributed by atoms with Gasteiger partial charge in [0.1, 0.15) is 5.88 Å². The van der Waals surface area contributed by atoms with E-state index in [2.05, 4.69) is 15.1 Å². The highest BCUT2D eigenvalue weighted by molar-refractivity contribution is 6.27. The van der Waals surface area contributed by atoms with E-state index in [0.717, 1.165) is 30.2 Å². The molecule has 114 valence electrons. The van der Waals surface area contributed by atoms with Crippen LogP contribution in [0, 0.1) is 0 Å². The van der Waals surface area contributed by atoms with Crippen molar-refractivity contribution in [3.8, 4) is 11.3 Å². The Kier molecular flexibility index (Phi) is 4.53. The Labute approximate surface area is 134 Å². The van der Waals surface area contributed by atoms with Crippen LogP contribution in [-0.2, 0) is 4.79 Å². The van der Waals surface area contributed by atoms with Gasteiger partial charge in [0.05, 0.1) is 5.69 Å². The van der Waals surface area contributed by atoms with Crippen molar-refractivity contribution in [2.24, 2.45) is 0 Å². The van der Waals surface area contributed by atoms with Crippen molar-refractivity contribution in [2.75, 3.05) is 37.0 Å². The highest BCUT2D eigenvalue weighted by atomic mass is 35.5. The summed E-state index contributed by atoms with van der Waals surface area (Å²) in [6.45, 7) is 2.85. The van der Waals surface area contributed by atoms with Gasteiger partial charge < -0.3 is 9.80 Å². The van der Waals surface area contributed by atoms with Crippen LogP contribution in [0.4, 0.5) is 5.82 Å². The molecule has 0 unspecified atom stereocenters. The lowest BCUT2D eigenvalue weighted by Crippen LogP contribution is -2.49. The molecule has 22 heavy (non-hydrogen) atoms. The van der Waals surface area contributed by atoms with Gasteiger partial charge in [0.2, 0.25) is 5.91 Å². The summed E-state index contributed by atoms with van der Waals surface area (Å²) in [4.78, 5) is 15.5. The molecule has 1 amide bonds. The second kappa shape index (κ2) is 6.75. The van der Waals surface area contributed by atoms with Crippen LogP contribution in [0.25, 0.3) is 11.3 Å². The van der Waals surface area contributed by atoms with Crippen molar-refractivity contribution in [1.29, 1.82) is 0 Å². The van der Waals surface area contributed by atoms with E-state index in [1.807, 2.05) is 42.5 Å². The van der Waals surface area contributed by atoms with Crippen molar-refractivity contribution < 1.29 is 4.79 Å². The number of alkyl halides is 1. The molecule has 0 N–H and O–H groups in total. The predicted octanol–water partition coefficient (Wildman–Crippen LogP) is 2.03. The number of hydrogen-bond donors (Lipinski definition) is 0. The maximum atomic E-state index is 11.6. The molecule has 2 heterocycles. The summed E-state index contributed by atoms with van der Waals surface area (Å²) in [7, 11) is 0. The molecule has 0 radical (unpaired) electrons.